The number of carbonyl (C=O) groups excluding carboxylic acids is 1. The number of anilines is 2. The standard InChI is InChI=1S/C30H27ClN4O/c1-34(2)23-13-11-20(12-14-23)28-25(18-32)30(33)35(24-10-6-9-22(31)17-24)26-15-21(16-27(36)29(26)28)19-7-4-3-5-8-19/h3-14,17,21,28H,15-16,33H2,1-2H3/t21-,28+/m1/s1. The molecular formula is C30H27ClN4O. The summed E-state index contributed by atoms with van der Waals surface area (Å²) in [5.41, 5.74) is 12.4. The van der Waals surface area contributed by atoms with Gasteiger partial charge >= 0.3 is 0 Å². The van der Waals surface area contributed by atoms with E-state index in [0.717, 1.165) is 28.2 Å². The van der Waals surface area contributed by atoms with E-state index < -0.39 is 5.92 Å². The van der Waals surface area contributed by atoms with Crippen LogP contribution in [0.25, 0.3) is 0 Å². The summed E-state index contributed by atoms with van der Waals surface area (Å²) in [4.78, 5) is 17.8. The van der Waals surface area contributed by atoms with Crippen LogP contribution in [0, 0.1) is 11.3 Å². The number of halogens is 1. The van der Waals surface area contributed by atoms with E-state index in [1.165, 1.54) is 0 Å². The molecule has 0 radical (unpaired) electrons. The molecule has 3 aromatic rings. The first-order chi connectivity index (χ1) is 17.4. The van der Waals surface area contributed by atoms with Gasteiger partial charge in [-0.2, -0.15) is 5.26 Å². The fourth-order valence-electron chi connectivity index (χ4n) is 5.30. The second-order valence-electron chi connectivity index (χ2n) is 9.44. The molecule has 3 aromatic carbocycles. The van der Waals surface area contributed by atoms with Crippen LogP contribution in [0.5, 0.6) is 0 Å². The van der Waals surface area contributed by atoms with E-state index in [4.69, 9.17) is 17.3 Å². The van der Waals surface area contributed by atoms with Crippen molar-refractivity contribution in [3.8, 4) is 6.07 Å². The SMILES string of the molecule is CN(C)c1ccc([C@H]2C(C#N)=C(N)N(c3cccc(Cl)c3)C3=C2C(=O)C[C@H](c2ccccc2)C3)cc1. The number of benzene rings is 3. The van der Waals surface area contributed by atoms with Crippen molar-refractivity contribution in [2.75, 3.05) is 23.9 Å². The number of nitriles is 1. The van der Waals surface area contributed by atoms with Crippen LogP contribution in [0.3, 0.4) is 0 Å². The summed E-state index contributed by atoms with van der Waals surface area (Å²) in [6.45, 7) is 0. The number of nitrogens with zero attached hydrogens (tertiary/aromatic N) is 3. The summed E-state index contributed by atoms with van der Waals surface area (Å²) in [5.74, 6) is -0.117. The normalized spacial score (nSPS) is 19.7. The van der Waals surface area contributed by atoms with Crippen LogP contribution in [-0.4, -0.2) is 19.9 Å². The number of rotatable bonds is 4. The first kappa shape index (κ1) is 23.7. The Bertz CT molecular complexity index is 1420. The number of ketones is 1. The van der Waals surface area contributed by atoms with Crippen molar-refractivity contribution in [2.24, 2.45) is 5.73 Å². The minimum atomic E-state index is -0.513. The van der Waals surface area contributed by atoms with Gasteiger partial charge in [-0.15, -0.1) is 0 Å². The average molecular weight is 495 g/mol. The summed E-state index contributed by atoms with van der Waals surface area (Å²) in [6, 6.07) is 27.8. The number of carbonyl (C=O) groups is 1. The van der Waals surface area contributed by atoms with Gasteiger partial charge in [0.15, 0.2) is 5.78 Å². The molecule has 2 N–H and O–H groups in total. The van der Waals surface area contributed by atoms with E-state index >= 15 is 0 Å². The van der Waals surface area contributed by atoms with Crippen LogP contribution in [0.15, 0.2) is 102 Å². The molecular weight excluding hydrogens is 468 g/mol. The van der Waals surface area contributed by atoms with Crippen molar-refractivity contribution in [2.45, 2.75) is 24.7 Å². The van der Waals surface area contributed by atoms with Crippen molar-refractivity contribution in [1.29, 1.82) is 5.26 Å². The molecule has 0 bridgehead atoms. The van der Waals surface area contributed by atoms with Gasteiger partial charge in [0.2, 0.25) is 0 Å². The number of hydrogen-bond acceptors (Lipinski definition) is 5. The summed E-state index contributed by atoms with van der Waals surface area (Å²) in [7, 11) is 3.96. The van der Waals surface area contributed by atoms with E-state index in [0.29, 0.717) is 34.8 Å². The molecule has 0 unspecified atom stereocenters. The minimum absolute atomic E-state index is 0.0207. The highest BCUT2D eigenvalue weighted by Gasteiger charge is 2.42. The third-order valence-corrected chi connectivity index (χ3v) is 7.28. The maximum atomic E-state index is 13.9. The van der Waals surface area contributed by atoms with Gasteiger partial charge in [0.25, 0.3) is 0 Å². The lowest BCUT2D eigenvalue weighted by molar-refractivity contribution is -0.116. The van der Waals surface area contributed by atoms with E-state index in [-0.39, 0.29) is 11.7 Å². The molecule has 180 valence electrons. The van der Waals surface area contributed by atoms with Gasteiger partial charge in [0.05, 0.1) is 17.6 Å². The highest BCUT2D eigenvalue weighted by molar-refractivity contribution is 6.30. The zero-order valence-corrected chi connectivity index (χ0v) is 21.0. The van der Waals surface area contributed by atoms with Gasteiger partial charge in [-0.25, -0.2) is 0 Å². The molecule has 2 aliphatic rings. The lowest BCUT2D eigenvalue weighted by Gasteiger charge is -2.41. The van der Waals surface area contributed by atoms with Crippen LogP contribution >= 0.6 is 11.6 Å². The van der Waals surface area contributed by atoms with Gasteiger partial charge in [0.1, 0.15) is 5.82 Å². The monoisotopic (exact) mass is 494 g/mol. The number of hydrogen-bond donors (Lipinski definition) is 1. The summed E-state index contributed by atoms with van der Waals surface area (Å²) in [6.07, 6.45) is 1.01. The largest absolute Gasteiger partial charge is 0.384 e. The molecule has 1 heterocycles. The molecule has 1 aliphatic heterocycles. The Morgan fingerprint density at radius 3 is 2.33 bits per heavy atom. The second kappa shape index (κ2) is 9.56. The summed E-state index contributed by atoms with van der Waals surface area (Å²) in [5, 5.41) is 10.8. The molecule has 0 spiro atoms. The quantitative estimate of drug-likeness (QED) is 0.474. The lowest BCUT2D eigenvalue weighted by atomic mass is 9.72. The minimum Gasteiger partial charge on any atom is -0.384 e. The maximum absolute atomic E-state index is 13.9. The first-order valence-corrected chi connectivity index (χ1v) is 12.3. The fraction of sp³-hybridized carbons (Fsp3) is 0.200. The van der Waals surface area contributed by atoms with Crippen molar-refractivity contribution in [3.05, 3.63) is 118 Å². The van der Waals surface area contributed by atoms with Crippen LogP contribution in [0.1, 0.15) is 35.8 Å². The van der Waals surface area contributed by atoms with Crippen molar-refractivity contribution in [3.63, 3.8) is 0 Å². The van der Waals surface area contributed by atoms with Crippen LogP contribution < -0.4 is 15.5 Å². The predicted octanol–water partition coefficient (Wildman–Crippen LogP) is 6.10. The van der Waals surface area contributed by atoms with Crippen LogP contribution in [-0.2, 0) is 4.79 Å². The average Bonchev–Trinajstić information content (AvgIpc) is 2.88. The molecule has 5 rings (SSSR count). The molecule has 0 aromatic heterocycles. The summed E-state index contributed by atoms with van der Waals surface area (Å²) >= 11 is 6.34. The molecule has 0 saturated carbocycles. The molecule has 1 aliphatic carbocycles. The van der Waals surface area contributed by atoms with E-state index in [2.05, 4.69) is 18.2 Å². The highest BCUT2D eigenvalue weighted by atomic mass is 35.5. The molecule has 0 fully saturated rings. The Kier molecular flexibility index (Phi) is 6.30. The fourth-order valence-corrected chi connectivity index (χ4v) is 5.48. The van der Waals surface area contributed by atoms with Gasteiger partial charge < -0.3 is 10.6 Å². The third kappa shape index (κ3) is 4.14. The van der Waals surface area contributed by atoms with E-state index in [1.54, 1.807) is 6.07 Å². The van der Waals surface area contributed by atoms with Crippen molar-refractivity contribution in [1.82, 2.24) is 0 Å². The number of nitrogens with two attached hydrogens (primary N) is 1. The smallest absolute Gasteiger partial charge is 0.162 e. The second-order valence-corrected chi connectivity index (χ2v) is 9.88. The lowest BCUT2D eigenvalue weighted by Crippen LogP contribution is -2.40. The van der Waals surface area contributed by atoms with Crippen LogP contribution in [0.4, 0.5) is 11.4 Å². The number of allylic oxidation sites excluding steroid dienone is 3. The third-order valence-electron chi connectivity index (χ3n) is 7.05. The van der Waals surface area contributed by atoms with Gasteiger partial charge in [-0.1, -0.05) is 60.1 Å². The zero-order chi connectivity index (χ0) is 25.4. The Morgan fingerprint density at radius 2 is 1.69 bits per heavy atom. The predicted molar refractivity (Wildman–Crippen MR) is 145 cm³/mol. The Balaban J connectivity index is 1.71. The zero-order valence-electron chi connectivity index (χ0n) is 20.3. The van der Waals surface area contributed by atoms with Crippen molar-refractivity contribution >= 4 is 28.8 Å². The molecule has 0 amide bonds. The highest BCUT2D eigenvalue weighted by Crippen LogP contribution is 2.49. The Morgan fingerprint density at radius 1 is 0.972 bits per heavy atom. The van der Waals surface area contributed by atoms with Crippen molar-refractivity contribution < 1.29 is 4.79 Å². The van der Waals surface area contributed by atoms with Gasteiger partial charge in [0, 0.05) is 48.2 Å². The van der Waals surface area contributed by atoms with E-state index in [9.17, 15) is 10.1 Å². The molecule has 5 nitrogen and oxygen atoms in total. The molecule has 2 atom stereocenters. The van der Waals surface area contributed by atoms with Crippen LogP contribution in [0.2, 0.25) is 5.02 Å². The Labute approximate surface area is 216 Å². The van der Waals surface area contributed by atoms with Gasteiger partial charge in [-0.3, -0.25) is 9.69 Å². The topological polar surface area (TPSA) is 73.4 Å². The van der Waals surface area contributed by atoms with Gasteiger partial charge in [-0.05, 0) is 53.8 Å². The summed E-state index contributed by atoms with van der Waals surface area (Å²) < 4.78 is 0. The molecule has 36 heavy (non-hydrogen) atoms. The number of Topliss-reactive ketones (excluding diaryl/α,β-unsaturated/α-hetero) is 1. The first-order valence-electron chi connectivity index (χ1n) is 11.9. The molecule has 6 heteroatoms. The Hall–Kier alpha value is -4.01. The van der Waals surface area contributed by atoms with E-state index in [1.807, 2.05) is 84.6 Å². The maximum Gasteiger partial charge on any atom is 0.162 e. The molecule has 0 saturated heterocycles.